The van der Waals surface area contributed by atoms with Crippen molar-refractivity contribution < 1.29 is 14.3 Å². The second-order valence-electron chi connectivity index (χ2n) is 4.92. The summed E-state index contributed by atoms with van der Waals surface area (Å²) in [6.07, 6.45) is 2.89. The predicted octanol–water partition coefficient (Wildman–Crippen LogP) is 2.17. The highest BCUT2D eigenvalue weighted by atomic mass is 19.1. The van der Waals surface area contributed by atoms with E-state index in [0.29, 0.717) is 6.42 Å². The van der Waals surface area contributed by atoms with Crippen molar-refractivity contribution in [1.29, 1.82) is 0 Å². The first-order valence-corrected chi connectivity index (χ1v) is 6.33. The number of hydrogen-bond donors (Lipinski definition) is 2. The average Bonchev–Trinajstić information content (AvgIpc) is 2.32. The van der Waals surface area contributed by atoms with E-state index < -0.39 is 17.8 Å². The molecule has 4 heteroatoms. The Morgan fingerprint density at radius 3 is 2.78 bits per heavy atom. The van der Waals surface area contributed by atoms with Crippen molar-refractivity contribution in [2.24, 2.45) is 0 Å². The topological polar surface area (TPSA) is 49.3 Å². The fraction of sp³-hybridized carbons (Fsp3) is 0.500. The van der Waals surface area contributed by atoms with Crippen molar-refractivity contribution in [2.45, 2.75) is 44.8 Å². The maximum Gasteiger partial charge on any atom is 0.254 e. The van der Waals surface area contributed by atoms with Crippen molar-refractivity contribution in [3.8, 4) is 0 Å². The summed E-state index contributed by atoms with van der Waals surface area (Å²) in [6.45, 7) is 1.77. The fourth-order valence-electron chi connectivity index (χ4n) is 2.33. The van der Waals surface area contributed by atoms with Crippen LogP contribution >= 0.6 is 0 Å². The van der Waals surface area contributed by atoms with E-state index in [-0.39, 0.29) is 11.6 Å². The molecule has 0 saturated heterocycles. The molecule has 1 aromatic rings. The summed E-state index contributed by atoms with van der Waals surface area (Å²) in [7, 11) is 0. The van der Waals surface area contributed by atoms with E-state index in [1.807, 2.05) is 0 Å². The summed E-state index contributed by atoms with van der Waals surface area (Å²) in [4.78, 5) is 11.9. The molecule has 0 aromatic heterocycles. The number of benzene rings is 1. The Kier molecular flexibility index (Phi) is 3.97. The van der Waals surface area contributed by atoms with Crippen molar-refractivity contribution >= 4 is 5.91 Å². The molecule has 0 unspecified atom stereocenters. The number of carbonyl (C=O) groups excluding carboxylic acids is 1. The van der Waals surface area contributed by atoms with E-state index in [2.05, 4.69) is 5.32 Å². The minimum Gasteiger partial charge on any atom is -0.391 e. The zero-order chi connectivity index (χ0) is 13.1. The van der Waals surface area contributed by atoms with Crippen molar-refractivity contribution in [3.05, 3.63) is 35.1 Å². The van der Waals surface area contributed by atoms with Crippen LogP contribution in [-0.2, 0) is 0 Å². The molecule has 2 N–H and O–H groups in total. The number of aryl methyl sites for hydroxylation is 1. The lowest BCUT2D eigenvalue weighted by molar-refractivity contribution is 0.0714. The smallest absolute Gasteiger partial charge is 0.254 e. The van der Waals surface area contributed by atoms with E-state index in [1.165, 1.54) is 12.1 Å². The largest absolute Gasteiger partial charge is 0.391 e. The van der Waals surface area contributed by atoms with Crippen LogP contribution in [-0.4, -0.2) is 23.2 Å². The number of halogens is 1. The molecule has 0 radical (unpaired) electrons. The summed E-state index contributed by atoms with van der Waals surface area (Å²) in [5.41, 5.74) is 0.820. The van der Waals surface area contributed by atoms with Crippen LogP contribution in [0.4, 0.5) is 4.39 Å². The van der Waals surface area contributed by atoms with Crippen molar-refractivity contribution in [1.82, 2.24) is 5.32 Å². The SMILES string of the molecule is Cc1ccc(C(=O)N[C@H]2CCCC[C@@H]2O)c(F)c1. The first kappa shape index (κ1) is 13.0. The second kappa shape index (κ2) is 5.48. The highest BCUT2D eigenvalue weighted by molar-refractivity contribution is 5.94. The van der Waals surface area contributed by atoms with Gasteiger partial charge in [-0.25, -0.2) is 4.39 Å². The zero-order valence-corrected chi connectivity index (χ0v) is 10.4. The first-order chi connectivity index (χ1) is 8.58. The number of amides is 1. The van der Waals surface area contributed by atoms with Gasteiger partial charge in [-0.05, 0) is 37.5 Å². The Morgan fingerprint density at radius 2 is 2.11 bits per heavy atom. The number of aliphatic hydroxyl groups is 1. The van der Waals surface area contributed by atoms with Crippen LogP contribution in [0.3, 0.4) is 0 Å². The molecule has 1 fully saturated rings. The molecule has 98 valence electrons. The minimum absolute atomic E-state index is 0.0402. The molecule has 0 heterocycles. The van der Waals surface area contributed by atoms with Gasteiger partial charge in [0.25, 0.3) is 5.91 Å². The third kappa shape index (κ3) is 2.88. The lowest BCUT2D eigenvalue weighted by Crippen LogP contribution is -2.45. The molecule has 3 nitrogen and oxygen atoms in total. The van der Waals surface area contributed by atoms with Crippen molar-refractivity contribution in [2.75, 3.05) is 0 Å². The molecule has 0 bridgehead atoms. The second-order valence-corrected chi connectivity index (χ2v) is 4.92. The van der Waals surface area contributed by atoms with E-state index in [1.54, 1.807) is 13.0 Å². The minimum atomic E-state index is -0.517. The summed E-state index contributed by atoms with van der Waals surface area (Å²) in [6, 6.07) is 4.27. The lowest BCUT2D eigenvalue weighted by Gasteiger charge is -2.28. The van der Waals surface area contributed by atoms with Gasteiger partial charge in [-0.2, -0.15) is 0 Å². The van der Waals surface area contributed by atoms with Gasteiger partial charge in [-0.3, -0.25) is 4.79 Å². The first-order valence-electron chi connectivity index (χ1n) is 6.33. The number of hydrogen-bond acceptors (Lipinski definition) is 2. The summed E-state index contributed by atoms with van der Waals surface area (Å²) in [5.74, 6) is -0.962. The van der Waals surface area contributed by atoms with Crippen LogP contribution in [0.5, 0.6) is 0 Å². The molecule has 0 aliphatic heterocycles. The van der Waals surface area contributed by atoms with Crippen LogP contribution in [0.25, 0.3) is 0 Å². The monoisotopic (exact) mass is 251 g/mol. The fourth-order valence-corrected chi connectivity index (χ4v) is 2.33. The highest BCUT2D eigenvalue weighted by Crippen LogP contribution is 2.19. The molecule has 1 amide bonds. The Morgan fingerprint density at radius 1 is 1.39 bits per heavy atom. The molecule has 2 atom stereocenters. The zero-order valence-electron chi connectivity index (χ0n) is 10.4. The molecular formula is C14H18FNO2. The maximum absolute atomic E-state index is 13.6. The van der Waals surface area contributed by atoms with Crippen LogP contribution in [0.2, 0.25) is 0 Å². The predicted molar refractivity (Wildman–Crippen MR) is 66.9 cm³/mol. The van der Waals surface area contributed by atoms with Gasteiger partial charge in [-0.1, -0.05) is 18.9 Å². The Bertz CT molecular complexity index is 447. The van der Waals surface area contributed by atoms with Crippen LogP contribution in [0, 0.1) is 12.7 Å². The van der Waals surface area contributed by atoms with Crippen LogP contribution in [0.1, 0.15) is 41.6 Å². The molecule has 1 aliphatic carbocycles. The summed E-state index contributed by atoms with van der Waals surface area (Å²) < 4.78 is 13.6. The van der Waals surface area contributed by atoms with E-state index in [9.17, 15) is 14.3 Å². The molecule has 2 rings (SSSR count). The van der Waals surface area contributed by atoms with E-state index >= 15 is 0 Å². The Labute approximate surface area is 106 Å². The van der Waals surface area contributed by atoms with Gasteiger partial charge in [0, 0.05) is 0 Å². The Balaban J connectivity index is 2.07. The van der Waals surface area contributed by atoms with Gasteiger partial charge in [0.15, 0.2) is 0 Å². The van der Waals surface area contributed by atoms with E-state index in [4.69, 9.17) is 0 Å². The third-order valence-electron chi connectivity index (χ3n) is 3.42. The summed E-state index contributed by atoms with van der Waals surface area (Å²) >= 11 is 0. The number of carbonyl (C=O) groups is 1. The summed E-state index contributed by atoms with van der Waals surface area (Å²) in [5, 5.41) is 12.5. The van der Waals surface area contributed by atoms with Crippen LogP contribution < -0.4 is 5.32 Å². The Hall–Kier alpha value is -1.42. The standard InChI is InChI=1S/C14H18FNO2/c1-9-6-7-10(11(15)8-9)14(18)16-12-4-2-3-5-13(12)17/h6-8,12-13,17H,2-5H2,1H3,(H,16,18)/t12-,13-/m0/s1. The third-order valence-corrected chi connectivity index (χ3v) is 3.42. The molecule has 0 spiro atoms. The van der Waals surface area contributed by atoms with Gasteiger partial charge in [-0.15, -0.1) is 0 Å². The molecule has 1 aliphatic rings. The van der Waals surface area contributed by atoms with Gasteiger partial charge < -0.3 is 10.4 Å². The van der Waals surface area contributed by atoms with Gasteiger partial charge in [0.1, 0.15) is 5.82 Å². The van der Waals surface area contributed by atoms with E-state index in [0.717, 1.165) is 24.8 Å². The number of aliphatic hydroxyl groups excluding tert-OH is 1. The molecular weight excluding hydrogens is 233 g/mol. The normalized spacial score (nSPS) is 23.7. The van der Waals surface area contributed by atoms with Gasteiger partial charge >= 0.3 is 0 Å². The van der Waals surface area contributed by atoms with Crippen LogP contribution in [0.15, 0.2) is 18.2 Å². The average molecular weight is 251 g/mol. The quantitative estimate of drug-likeness (QED) is 0.846. The molecule has 1 aromatic carbocycles. The maximum atomic E-state index is 13.6. The van der Waals surface area contributed by atoms with Gasteiger partial charge in [0.2, 0.25) is 0 Å². The van der Waals surface area contributed by atoms with Gasteiger partial charge in [0.05, 0.1) is 17.7 Å². The lowest BCUT2D eigenvalue weighted by atomic mass is 9.92. The molecule has 18 heavy (non-hydrogen) atoms. The van der Waals surface area contributed by atoms with Crippen molar-refractivity contribution in [3.63, 3.8) is 0 Å². The number of nitrogens with one attached hydrogen (secondary N) is 1. The number of rotatable bonds is 2. The molecule has 1 saturated carbocycles. The highest BCUT2D eigenvalue weighted by Gasteiger charge is 2.25.